The number of hydrogen-bond donors (Lipinski definition) is 4. The number of carbonyl (C=O) groups is 1. The first kappa shape index (κ1) is 32.0. The predicted molar refractivity (Wildman–Crippen MR) is 165 cm³/mol. The summed E-state index contributed by atoms with van der Waals surface area (Å²) in [6, 6.07) is 7.30. The molecule has 3 heterocycles. The molecule has 11 heteroatoms. The van der Waals surface area contributed by atoms with Crippen LogP contribution in [-0.4, -0.2) is 40.7 Å². The minimum atomic E-state index is -4.08. The summed E-state index contributed by atoms with van der Waals surface area (Å²) in [7, 11) is 0. The molecule has 2 aliphatic rings. The molecule has 4 rings (SSSR count). The molecule has 1 aliphatic carbocycles. The maximum Gasteiger partial charge on any atom is 0.394 e. The Balaban J connectivity index is 1.30. The lowest BCUT2D eigenvalue weighted by atomic mass is 9.93. The van der Waals surface area contributed by atoms with Crippen LogP contribution in [-0.2, 0) is 0 Å². The second-order valence-corrected chi connectivity index (χ2v) is 12.9. The third-order valence-electron chi connectivity index (χ3n) is 8.60. The van der Waals surface area contributed by atoms with E-state index in [0.29, 0.717) is 47.4 Å². The molecule has 1 atom stereocenters. The molecule has 1 amide bonds. The van der Waals surface area contributed by atoms with Crippen LogP contribution in [0.3, 0.4) is 0 Å². The molecular weight excluding hydrogens is 561 g/mol. The lowest BCUT2D eigenvalue weighted by molar-refractivity contribution is -0.189. The Bertz CT molecular complexity index is 1280. The van der Waals surface area contributed by atoms with E-state index >= 15 is 0 Å². The number of aromatic nitrogens is 2. The molecule has 2 fully saturated rings. The second-order valence-electron chi connectivity index (χ2n) is 12.4. The molecule has 230 valence electrons. The number of thiol groups is 1. The van der Waals surface area contributed by atoms with E-state index < -0.39 is 17.5 Å². The number of hydrogen-bond acceptors (Lipinski definition) is 7. The highest BCUT2D eigenvalue weighted by molar-refractivity contribution is 7.80. The van der Waals surface area contributed by atoms with Gasteiger partial charge in [-0.05, 0) is 108 Å². The number of pyridine rings is 2. The summed E-state index contributed by atoms with van der Waals surface area (Å²) >= 11 is 4.33. The van der Waals surface area contributed by atoms with Gasteiger partial charge in [-0.1, -0.05) is 18.6 Å². The van der Waals surface area contributed by atoms with E-state index in [1.807, 2.05) is 25.1 Å². The van der Waals surface area contributed by atoms with E-state index in [1.165, 1.54) is 0 Å². The summed E-state index contributed by atoms with van der Waals surface area (Å²) < 4.78 is 39.3. The van der Waals surface area contributed by atoms with Crippen LogP contribution in [0.15, 0.2) is 41.6 Å². The van der Waals surface area contributed by atoms with Crippen molar-refractivity contribution in [2.45, 2.75) is 95.3 Å². The Kier molecular flexibility index (Phi) is 10.0. The van der Waals surface area contributed by atoms with Crippen LogP contribution < -0.4 is 21.3 Å². The van der Waals surface area contributed by atoms with Gasteiger partial charge in [0.05, 0.1) is 16.0 Å². The molecule has 1 saturated carbocycles. The standard InChI is InChI=1S/C31H43F3N6OS/c1-21-10-13-25(42)39-27(21)37-18-8-9-22-19-29(2,3)40(20-22)28-23(26(35)41)11-12-24(38-28)36-17-7-5-4-6-14-30(15-16-30)31(32,33)34/h7,10-13,17,22H,4-6,8-9,14-16,18-20H2,1-3H3,(H2,35,41)(H,36,38)(H2,37,39,42)/b17-7-. The Hall–Kier alpha value is -2.95. The van der Waals surface area contributed by atoms with E-state index in [0.717, 1.165) is 43.7 Å². The van der Waals surface area contributed by atoms with Crippen LogP contribution in [0.4, 0.5) is 30.6 Å². The summed E-state index contributed by atoms with van der Waals surface area (Å²) in [5.74, 6) is 1.91. The van der Waals surface area contributed by atoms with Gasteiger partial charge in [0.2, 0.25) is 0 Å². The van der Waals surface area contributed by atoms with Gasteiger partial charge in [0, 0.05) is 18.6 Å². The van der Waals surface area contributed by atoms with Crippen LogP contribution >= 0.6 is 12.6 Å². The highest BCUT2D eigenvalue weighted by Gasteiger charge is 2.62. The van der Waals surface area contributed by atoms with Gasteiger partial charge in [-0.25, -0.2) is 9.97 Å². The molecule has 0 aromatic carbocycles. The SMILES string of the molecule is Cc1ccc(S)nc1NCCCC1CN(c2nc(N/C=C\CCCCC3(C(F)(F)F)CC3)ccc2C(N)=O)C(C)(C)C1. The summed E-state index contributed by atoms with van der Waals surface area (Å²) in [6.45, 7) is 7.92. The number of rotatable bonds is 14. The minimum Gasteiger partial charge on any atom is -0.370 e. The number of unbranched alkanes of at least 4 members (excludes halogenated alkanes) is 2. The number of carbonyl (C=O) groups excluding carboxylic acids is 1. The zero-order chi connectivity index (χ0) is 30.5. The van der Waals surface area contributed by atoms with Crippen LogP contribution in [0.5, 0.6) is 0 Å². The Labute approximate surface area is 252 Å². The Morgan fingerprint density at radius 3 is 2.62 bits per heavy atom. The van der Waals surface area contributed by atoms with Crippen molar-refractivity contribution in [3.8, 4) is 0 Å². The third kappa shape index (κ3) is 7.90. The van der Waals surface area contributed by atoms with Crippen LogP contribution in [0, 0.1) is 18.3 Å². The first-order valence-electron chi connectivity index (χ1n) is 14.8. The number of nitrogens with zero attached hydrogens (tertiary/aromatic N) is 3. The smallest absolute Gasteiger partial charge is 0.370 e. The maximum absolute atomic E-state index is 13.1. The van der Waals surface area contributed by atoms with Gasteiger partial charge < -0.3 is 21.3 Å². The molecule has 1 aliphatic heterocycles. The number of amides is 1. The predicted octanol–water partition coefficient (Wildman–Crippen LogP) is 7.50. The lowest BCUT2D eigenvalue weighted by Gasteiger charge is -2.33. The number of primary amides is 1. The maximum atomic E-state index is 13.1. The lowest BCUT2D eigenvalue weighted by Crippen LogP contribution is -2.40. The molecule has 2 aromatic rings. The van der Waals surface area contributed by atoms with Crippen molar-refractivity contribution in [2.75, 3.05) is 28.6 Å². The zero-order valence-electron chi connectivity index (χ0n) is 24.7. The largest absolute Gasteiger partial charge is 0.394 e. The van der Waals surface area contributed by atoms with Crippen molar-refractivity contribution in [1.29, 1.82) is 0 Å². The highest BCUT2D eigenvalue weighted by Crippen LogP contribution is 2.60. The molecule has 1 unspecified atom stereocenters. The second kappa shape index (κ2) is 13.1. The van der Waals surface area contributed by atoms with Crippen molar-refractivity contribution in [1.82, 2.24) is 9.97 Å². The fourth-order valence-corrected chi connectivity index (χ4v) is 6.13. The first-order chi connectivity index (χ1) is 19.8. The minimum absolute atomic E-state index is 0.210. The number of allylic oxidation sites excluding steroid dienone is 1. The van der Waals surface area contributed by atoms with Crippen LogP contribution in [0.1, 0.15) is 87.6 Å². The molecule has 4 N–H and O–H groups in total. The molecule has 0 bridgehead atoms. The fraction of sp³-hybridized carbons (Fsp3) is 0.581. The molecule has 42 heavy (non-hydrogen) atoms. The fourth-order valence-electron chi connectivity index (χ4n) is 5.95. The summed E-state index contributed by atoms with van der Waals surface area (Å²) in [6.07, 6.45) is 5.21. The molecule has 1 saturated heterocycles. The number of nitrogens with two attached hydrogens (primary N) is 1. The van der Waals surface area contributed by atoms with E-state index in [9.17, 15) is 18.0 Å². The van der Waals surface area contributed by atoms with E-state index in [4.69, 9.17) is 10.7 Å². The van der Waals surface area contributed by atoms with E-state index in [2.05, 4.69) is 47.0 Å². The first-order valence-corrected chi connectivity index (χ1v) is 15.2. The van der Waals surface area contributed by atoms with Crippen molar-refractivity contribution in [3.05, 3.63) is 47.7 Å². The number of halogens is 3. The van der Waals surface area contributed by atoms with Gasteiger partial charge in [0.1, 0.15) is 17.5 Å². The van der Waals surface area contributed by atoms with Crippen LogP contribution in [0.25, 0.3) is 0 Å². The van der Waals surface area contributed by atoms with Gasteiger partial charge in [-0.15, -0.1) is 12.6 Å². The van der Waals surface area contributed by atoms with Crippen LogP contribution in [0.2, 0.25) is 0 Å². The molecule has 7 nitrogen and oxygen atoms in total. The van der Waals surface area contributed by atoms with Crippen molar-refractivity contribution in [3.63, 3.8) is 0 Å². The zero-order valence-corrected chi connectivity index (χ0v) is 25.6. The summed E-state index contributed by atoms with van der Waals surface area (Å²) in [5.41, 5.74) is 5.56. The van der Waals surface area contributed by atoms with Gasteiger partial charge in [0.25, 0.3) is 5.91 Å². The number of alkyl halides is 3. The third-order valence-corrected chi connectivity index (χ3v) is 8.85. The van der Waals surface area contributed by atoms with Gasteiger partial charge in [0.15, 0.2) is 0 Å². The average molecular weight is 605 g/mol. The topological polar surface area (TPSA) is 96.2 Å². The normalized spacial score (nSPS) is 19.3. The van der Waals surface area contributed by atoms with Crippen molar-refractivity contribution in [2.24, 2.45) is 17.1 Å². The highest BCUT2D eigenvalue weighted by atomic mass is 32.1. The number of aryl methyl sites for hydroxylation is 1. The van der Waals surface area contributed by atoms with Gasteiger partial charge in [-0.2, -0.15) is 13.2 Å². The summed E-state index contributed by atoms with van der Waals surface area (Å²) in [4.78, 5) is 23.7. The molecular formula is C31H43F3N6OS. The molecule has 0 radical (unpaired) electrons. The monoisotopic (exact) mass is 604 g/mol. The van der Waals surface area contributed by atoms with Crippen molar-refractivity contribution >= 4 is 36.0 Å². The molecule has 0 spiro atoms. The Morgan fingerprint density at radius 2 is 1.93 bits per heavy atom. The van der Waals surface area contributed by atoms with Gasteiger partial charge in [-0.3, -0.25) is 4.79 Å². The number of nitrogens with one attached hydrogen (secondary N) is 2. The Morgan fingerprint density at radius 1 is 1.17 bits per heavy atom. The van der Waals surface area contributed by atoms with E-state index in [1.54, 1.807) is 18.3 Å². The van der Waals surface area contributed by atoms with E-state index in [-0.39, 0.29) is 24.8 Å². The quantitative estimate of drug-likeness (QED) is 0.132. The molecule has 2 aromatic heterocycles. The van der Waals surface area contributed by atoms with Crippen molar-refractivity contribution < 1.29 is 18.0 Å². The number of anilines is 3. The average Bonchev–Trinajstić information content (AvgIpc) is 3.65. The summed E-state index contributed by atoms with van der Waals surface area (Å²) in [5, 5.41) is 7.26. The van der Waals surface area contributed by atoms with Gasteiger partial charge >= 0.3 is 6.18 Å².